The summed E-state index contributed by atoms with van der Waals surface area (Å²) in [6, 6.07) is 16.4. The molecule has 2 aliphatic rings. The Balaban J connectivity index is 1.53. The zero-order valence-electron chi connectivity index (χ0n) is 20.9. The molecule has 0 unspecified atom stereocenters. The van der Waals surface area contributed by atoms with Crippen LogP contribution in [0.1, 0.15) is 50.7 Å². The van der Waals surface area contributed by atoms with Crippen LogP contribution >= 0.6 is 24.0 Å². The summed E-state index contributed by atoms with van der Waals surface area (Å²) in [4.78, 5) is 15.9. The van der Waals surface area contributed by atoms with Gasteiger partial charge in [-0.1, -0.05) is 68.9 Å². The van der Waals surface area contributed by atoms with E-state index in [2.05, 4.69) is 26.8 Å². The number of carbonyl (C=O) groups is 1. The molecule has 186 valence electrons. The van der Waals surface area contributed by atoms with Crippen LogP contribution in [0.25, 0.3) is 23.0 Å². The van der Waals surface area contributed by atoms with E-state index in [4.69, 9.17) is 22.1 Å². The Labute approximate surface area is 222 Å². The van der Waals surface area contributed by atoms with Gasteiger partial charge in [-0.05, 0) is 67.7 Å². The second kappa shape index (κ2) is 10.6. The van der Waals surface area contributed by atoms with E-state index >= 15 is 0 Å². The van der Waals surface area contributed by atoms with Gasteiger partial charge in [0.25, 0.3) is 5.91 Å². The van der Waals surface area contributed by atoms with Crippen molar-refractivity contribution in [2.75, 3.05) is 6.61 Å². The number of carbonyl (C=O) groups excluding carboxylic acids is 1. The summed E-state index contributed by atoms with van der Waals surface area (Å²) in [5.74, 6) is 1.36. The topological polar surface area (TPSA) is 47.4 Å². The van der Waals surface area contributed by atoms with Crippen molar-refractivity contribution in [1.29, 1.82) is 0 Å². The zero-order valence-corrected chi connectivity index (χ0v) is 22.6. The molecule has 2 heterocycles. The second-order valence-electron chi connectivity index (χ2n) is 9.89. The fourth-order valence-electron chi connectivity index (χ4n) is 4.74. The Morgan fingerprint density at radius 3 is 2.61 bits per heavy atom. The first-order valence-electron chi connectivity index (χ1n) is 12.6. The van der Waals surface area contributed by atoms with E-state index in [-0.39, 0.29) is 11.9 Å². The molecule has 2 aromatic carbocycles. The Hall–Kier alpha value is -2.90. The van der Waals surface area contributed by atoms with Crippen molar-refractivity contribution in [1.82, 2.24) is 14.7 Å². The number of thioether (sulfide) groups is 1. The summed E-state index contributed by atoms with van der Waals surface area (Å²) in [7, 11) is 0. The number of rotatable bonds is 7. The average Bonchev–Trinajstić information content (AvgIpc) is 3.59. The van der Waals surface area contributed by atoms with Crippen LogP contribution in [0.5, 0.6) is 5.75 Å². The van der Waals surface area contributed by atoms with Gasteiger partial charge in [0.05, 0.1) is 17.2 Å². The molecule has 1 aromatic heterocycles. The minimum absolute atomic E-state index is 0.0175. The maximum Gasteiger partial charge on any atom is 0.266 e. The highest BCUT2D eigenvalue weighted by molar-refractivity contribution is 8.26. The number of benzene rings is 2. The lowest BCUT2D eigenvalue weighted by Gasteiger charge is -2.21. The van der Waals surface area contributed by atoms with Crippen LogP contribution in [0.15, 0.2) is 59.6 Å². The second-order valence-corrected chi connectivity index (χ2v) is 11.6. The third-order valence-corrected chi connectivity index (χ3v) is 7.91. The first-order valence-corrected chi connectivity index (χ1v) is 13.8. The van der Waals surface area contributed by atoms with Crippen molar-refractivity contribution in [3.05, 3.63) is 70.8 Å². The number of amides is 1. The molecule has 36 heavy (non-hydrogen) atoms. The van der Waals surface area contributed by atoms with Crippen molar-refractivity contribution >= 4 is 40.3 Å². The van der Waals surface area contributed by atoms with Crippen LogP contribution < -0.4 is 4.74 Å². The number of aromatic nitrogens is 2. The molecule has 0 radical (unpaired) electrons. The van der Waals surface area contributed by atoms with Gasteiger partial charge in [-0.15, -0.1) is 0 Å². The lowest BCUT2D eigenvalue weighted by Crippen LogP contribution is -2.36. The predicted molar refractivity (Wildman–Crippen MR) is 151 cm³/mol. The molecule has 0 N–H and O–H groups in total. The minimum Gasteiger partial charge on any atom is -0.493 e. The number of nitrogens with zero attached hydrogens (tertiary/aromatic N) is 3. The smallest absolute Gasteiger partial charge is 0.266 e. The third kappa shape index (κ3) is 5.13. The fraction of sp³-hybridized carbons (Fsp3) is 0.345. The van der Waals surface area contributed by atoms with Crippen LogP contribution in [-0.2, 0) is 4.79 Å². The van der Waals surface area contributed by atoms with Crippen LogP contribution in [0, 0.1) is 12.8 Å². The molecular weight excluding hydrogens is 486 g/mol. The van der Waals surface area contributed by atoms with E-state index in [9.17, 15) is 4.79 Å². The Bertz CT molecular complexity index is 1310. The average molecular weight is 518 g/mol. The number of hydrogen-bond acceptors (Lipinski definition) is 5. The lowest BCUT2D eigenvalue weighted by molar-refractivity contribution is -0.123. The normalized spacial score (nSPS) is 17.7. The van der Waals surface area contributed by atoms with E-state index in [1.54, 1.807) is 0 Å². The largest absolute Gasteiger partial charge is 0.493 e. The van der Waals surface area contributed by atoms with E-state index in [0.29, 0.717) is 21.8 Å². The highest BCUT2D eigenvalue weighted by Crippen LogP contribution is 2.39. The molecule has 1 aliphatic heterocycles. The van der Waals surface area contributed by atoms with Gasteiger partial charge >= 0.3 is 0 Å². The van der Waals surface area contributed by atoms with E-state index < -0.39 is 0 Å². The van der Waals surface area contributed by atoms with Crippen molar-refractivity contribution < 1.29 is 9.53 Å². The van der Waals surface area contributed by atoms with Crippen LogP contribution in [-0.4, -0.2) is 37.6 Å². The minimum atomic E-state index is 0.0175. The van der Waals surface area contributed by atoms with E-state index in [0.717, 1.165) is 59.5 Å². The molecule has 5 nitrogen and oxygen atoms in total. The highest BCUT2D eigenvalue weighted by atomic mass is 32.2. The molecule has 3 aromatic rings. The van der Waals surface area contributed by atoms with Crippen LogP contribution in [0.2, 0.25) is 0 Å². The molecule has 2 fully saturated rings. The number of para-hydroxylation sites is 1. The molecule has 1 aliphatic carbocycles. The van der Waals surface area contributed by atoms with E-state index in [1.807, 2.05) is 64.3 Å². The van der Waals surface area contributed by atoms with Gasteiger partial charge in [-0.2, -0.15) is 5.10 Å². The molecule has 0 bridgehead atoms. The molecule has 1 saturated carbocycles. The maximum absolute atomic E-state index is 13.4. The summed E-state index contributed by atoms with van der Waals surface area (Å²) in [6.45, 7) is 7.01. The number of hydrogen-bond donors (Lipinski definition) is 0. The summed E-state index contributed by atoms with van der Waals surface area (Å²) in [5, 5.41) is 4.94. The van der Waals surface area contributed by atoms with Gasteiger partial charge in [0.2, 0.25) is 0 Å². The van der Waals surface area contributed by atoms with Crippen molar-refractivity contribution in [2.24, 2.45) is 5.92 Å². The van der Waals surface area contributed by atoms with Crippen molar-refractivity contribution in [2.45, 2.75) is 52.5 Å². The summed E-state index contributed by atoms with van der Waals surface area (Å²) in [5.41, 5.74) is 4.72. The maximum atomic E-state index is 13.4. The Morgan fingerprint density at radius 2 is 1.92 bits per heavy atom. The van der Waals surface area contributed by atoms with Crippen LogP contribution in [0.3, 0.4) is 0 Å². The van der Waals surface area contributed by atoms with Crippen molar-refractivity contribution in [3.63, 3.8) is 0 Å². The molecule has 1 saturated heterocycles. The number of ether oxygens (including phenoxy) is 1. The molecule has 0 spiro atoms. The predicted octanol–water partition coefficient (Wildman–Crippen LogP) is 7.03. The van der Waals surface area contributed by atoms with E-state index in [1.165, 1.54) is 11.8 Å². The van der Waals surface area contributed by atoms with Gasteiger partial charge in [0, 0.05) is 23.4 Å². The first-order chi connectivity index (χ1) is 17.4. The summed E-state index contributed by atoms with van der Waals surface area (Å²) in [6.07, 6.45) is 8.32. The number of aryl methyl sites for hydroxylation is 1. The zero-order chi connectivity index (χ0) is 25.2. The summed E-state index contributed by atoms with van der Waals surface area (Å²) >= 11 is 7.02. The molecule has 0 atom stereocenters. The first kappa shape index (κ1) is 24.8. The Kier molecular flexibility index (Phi) is 7.30. The monoisotopic (exact) mass is 517 g/mol. The standard InChI is InChI=1S/C29H31N3O2S2/c1-19(2)18-34-25-14-13-21(15-20(25)3)27-22(17-31(30-27)23-9-5-4-6-10-23)16-26-28(33)32(29(35)36-26)24-11-7-8-12-24/h4-6,9-10,13-17,19,24H,7-8,11-12,18H2,1-3H3. The molecular formula is C29H31N3O2S2. The molecule has 7 heteroatoms. The molecule has 5 rings (SSSR count). The highest BCUT2D eigenvalue weighted by Gasteiger charge is 2.38. The summed E-state index contributed by atoms with van der Waals surface area (Å²) < 4.78 is 8.52. The van der Waals surface area contributed by atoms with Gasteiger partial charge in [0.15, 0.2) is 0 Å². The third-order valence-electron chi connectivity index (χ3n) is 6.58. The van der Waals surface area contributed by atoms with Crippen molar-refractivity contribution in [3.8, 4) is 22.7 Å². The van der Waals surface area contributed by atoms with Gasteiger partial charge in [-0.25, -0.2) is 4.68 Å². The molecule has 1 amide bonds. The van der Waals surface area contributed by atoms with Gasteiger partial charge < -0.3 is 4.74 Å². The lowest BCUT2D eigenvalue weighted by atomic mass is 10.0. The Morgan fingerprint density at radius 1 is 1.17 bits per heavy atom. The van der Waals surface area contributed by atoms with Crippen LogP contribution in [0.4, 0.5) is 0 Å². The van der Waals surface area contributed by atoms with Gasteiger partial charge in [0.1, 0.15) is 15.8 Å². The number of thiocarbonyl (C=S) groups is 1. The fourth-order valence-corrected chi connectivity index (χ4v) is 6.13. The van der Waals surface area contributed by atoms with Gasteiger partial charge in [-0.3, -0.25) is 9.69 Å². The quantitative estimate of drug-likeness (QED) is 0.249. The SMILES string of the molecule is Cc1cc(-c2nn(-c3ccccc3)cc2C=C2SC(=S)N(C3CCCC3)C2=O)ccc1OCC(C)C.